The first kappa shape index (κ1) is 48.9. The summed E-state index contributed by atoms with van der Waals surface area (Å²) in [6, 6.07) is 15.7. The van der Waals surface area contributed by atoms with Crippen LogP contribution in [0.4, 0.5) is 0 Å². The smallest absolute Gasteiger partial charge is 0.177 e. The zero-order chi connectivity index (χ0) is 46.2. The highest BCUT2D eigenvalue weighted by molar-refractivity contribution is 9.10. The first-order valence-corrected chi connectivity index (χ1v) is 27.9. The Balaban J connectivity index is 0.000000191. The summed E-state index contributed by atoms with van der Waals surface area (Å²) in [5.74, 6) is 3.35. The molecule has 18 heteroatoms. The van der Waals surface area contributed by atoms with E-state index in [-0.39, 0.29) is 25.8 Å². The molecule has 0 amide bonds. The molecule has 0 atom stereocenters. The molecule has 0 N–H and O–H groups in total. The summed E-state index contributed by atoms with van der Waals surface area (Å²) >= 11 is 12.6. The van der Waals surface area contributed by atoms with Crippen molar-refractivity contribution in [3.8, 4) is 0 Å². The van der Waals surface area contributed by atoms with Crippen molar-refractivity contribution in [1.82, 2.24) is 29.1 Å². The third-order valence-corrected chi connectivity index (χ3v) is 16.7. The lowest BCUT2D eigenvalue weighted by Gasteiger charge is -2.26. The van der Waals surface area contributed by atoms with Crippen LogP contribution in [0.2, 0.25) is 5.15 Å². The van der Waals surface area contributed by atoms with Crippen molar-refractivity contribution in [2.75, 3.05) is 38.9 Å². The number of imidazole rings is 2. The third kappa shape index (κ3) is 11.9. The van der Waals surface area contributed by atoms with Crippen LogP contribution < -0.4 is 0 Å². The molecule has 2 aliphatic heterocycles. The lowest BCUT2D eigenvalue weighted by molar-refractivity contribution is 0.0610. The van der Waals surface area contributed by atoms with Gasteiger partial charge in [0.25, 0.3) is 0 Å². The molecule has 12 nitrogen and oxygen atoms in total. The predicted molar refractivity (Wildman–Crippen MR) is 260 cm³/mol. The fourth-order valence-electron chi connectivity index (χ4n) is 7.84. The maximum atomic E-state index is 11.9. The van der Waals surface area contributed by atoms with Gasteiger partial charge in [0.2, 0.25) is 0 Å². The summed E-state index contributed by atoms with van der Waals surface area (Å²) in [7, 11) is -6.66. The Labute approximate surface area is 399 Å². The number of aromatic nitrogens is 6. The van der Waals surface area contributed by atoms with Gasteiger partial charge in [-0.2, -0.15) is 0 Å². The Kier molecular flexibility index (Phi) is 15.0. The van der Waals surface area contributed by atoms with Crippen LogP contribution in [0.15, 0.2) is 94.9 Å². The van der Waals surface area contributed by atoms with E-state index in [1.807, 2.05) is 12.1 Å². The number of benzene rings is 2. The van der Waals surface area contributed by atoms with Crippen molar-refractivity contribution in [3.63, 3.8) is 0 Å². The van der Waals surface area contributed by atoms with Gasteiger partial charge in [-0.3, -0.25) is 0 Å². The zero-order valence-corrected chi connectivity index (χ0v) is 43.1. The Morgan fingerprint density at radius 1 is 0.672 bits per heavy atom. The van der Waals surface area contributed by atoms with Crippen LogP contribution in [0.3, 0.4) is 0 Å². The van der Waals surface area contributed by atoms with E-state index in [1.165, 1.54) is 42.2 Å². The largest absolute Gasteiger partial charge is 0.381 e. The molecule has 0 bridgehead atoms. The number of pyridine rings is 2. The summed E-state index contributed by atoms with van der Waals surface area (Å²) in [6.45, 7) is 18.4. The highest BCUT2D eigenvalue weighted by Crippen LogP contribution is 2.38. The van der Waals surface area contributed by atoms with Crippen LogP contribution in [0, 0.1) is 11.8 Å². The number of hydrogen-bond donors (Lipinski definition) is 0. The second kappa shape index (κ2) is 19.7. The summed E-state index contributed by atoms with van der Waals surface area (Å²) in [6.07, 6.45) is 9.34. The normalized spacial score (nSPS) is 16.0. The molecule has 8 rings (SSSR count). The molecule has 0 unspecified atom stereocenters. The van der Waals surface area contributed by atoms with E-state index in [0.717, 1.165) is 120 Å². The van der Waals surface area contributed by atoms with Crippen molar-refractivity contribution < 1.29 is 26.3 Å². The maximum Gasteiger partial charge on any atom is 0.177 e. The van der Waals surface area contributed by atoms with Crippen LogP contribution in [-0.2, 0) is 53.1 Å². The lowest BCUT2D eigenvalue weighted by atomic mass is 9.94. The quantitative estimate of drug-likeness (QED) is 0.120. The topological polar surface area (TPSA) is 148 Å². The summed E-state index contributed by atoms with van der Waals surface area (Å²) < 4.78 is 63.8. The first-order chi connectivity index (χ1) is 30.0. The molecule has 0 radical (unpaired) electrons. The van der Waals surface area contributed by atoms with E-state index >= 15 is 0 Å². The lowest BCUT2D eigenvalue weighted by Crippen LogP contribution is -2.25. The van der Waals surface area contributed by atoms with Gasteiger partial charge < -0.3 is 18.6 Å². The van der Waals surface area contributed by atoms with Crippen LogP contribution in [-0.4, -0.2) is 84.8 Å². The molecule has 2 aromatic carbocycles. The second-order valence-electron chi connectivity index (χ2n) is 18.7. The van der Waals surface area contributed by atoms with Gasteiger partial charge in [0.15, 0.2) is 19.7 Å². The van der Waals surface area contributed by atoms with Crippen molar-refractivity contribution in [2.45, 2.75) is 121 Å². The van der Waals surface area contributed by atoms with Gasteiger partial charge in [0.05, 0.1) is 41.2 Å². The van der Waals surface area contributed by atoms with Gasteiger partial charge in [-0.15, -0.1) is 0 Å². The Morgan fingerprint density at radius 3 is 1.55 bits per heavy atom. The van der Waals surface area contributed by atoms with Crippen LogP contribution >= 0.6 is 51.1 Å². The van der Waals surface area contributed by atoms with E-state index in [4.69, 9.17) is 31.0 Å². The summed E-state index contributed by atoms with van der Waals surface area (Å²) in [4.78, 5) is 21.3. The molecule has 2 saturated heterocycles. The van der Waals surface area contributed by atoms with E-state index in [1.54, 1.807) is 12.1 Å². The van der Waals surface area contributed by atoms with E-state index in [2.05, 4.69) is 101 Å². The average Bonchev–Trinajstić information content (AvgIpc) is 3.77. The molecule has 2 fully saturated rings. The second-order valence-corrected chi connectivity index (χ2v) is 26.1. The van der Waals surface area contributed by atoms with Crippen LogP contribution in [0.5, 0.6) is 0 Å². The van der Waals surface area contributed by atoms with E-state index in [0.29, 0.717) is 21.2 Å². The van der Waals surface area contributed by atoms with E-state index in [9.17, 15) is 16.8 Å². The molecular weight excluding hydrogens is 976 g/mol. The molecule has 0 spiro atoms. The Morgan fingerprint density at radius 2 is 1.11 bits per heavy atom. The number of halogens is 2. The molecule has 64 heavy (non-hydrogen) atoms. The molecule has 6 heterocycles. The van der Waals surface area contributed by atoms with Gasteiger partial charge in [-0.05, 0) is 102 Å². The van der Waals surface area contributed by atoms with Gasteiger partial charge >= 0.3 is 0 Å². The minimum atomic E-state index is -3.36. The van der Waals surface area contributed by atoms with Crippen molar-refractivity contribution >= 4 is 92.8 Å². The maximum absolute atomic E-state index is 11.9. The van der Waals surface area contributed by atoms with E-state index < -0.39 is 19.7 Å². The molecule has 6 aromatic rings. The SMILES string of the molecule is CC(C)(C)c1nc2cc(Sc3cc(S(C)(=O)=O)cnc3Cl)ccc2n1CC1CCOCC1.CC(C)(C)c1nc2cc(Sc3ncc(S(C)(=O)=O)cc3Br)ccc2n1CC1CCOCC1. The number of nitrogens with zero attached hydrogens (tertiary/aromatic N) is 6. The third-order valence-electron chi connectivity index (χ3n) is 11.2. The monoisotopic (exact) mass is 1030 g/mol. The Hall–Kier alpha value is -3.03. The predicted octanol–water partition coefficient (Wildman–Crippen LogP) is 10.8. The minimum Gasteiger partial charge on any atom is -0.381 e. The standard InChI is InChI=1S/C23H28BrN3O3S2.C23H28ClN3O3S2/c1-23(2,3)22-26-19-11-16(31-21-18(24)12-17(13-25-21)32(4,28)29)5-6-20(19)27(22)14-15-7-9-30-10-8-15;1-23(2,3)22-26-18-11-16(31-20-12-17(32(4,28)29)13-25-21(20)24)5-6-19(18)27(22)14-15-7-9-30-10-8-15/h2*5-6,11-13,15H,7-10,14H2,1-4H3. The van der Waals surface area contributed by atoms with Crippen LogP contribution in [0.1, 0.15) is 78.9 Å². The minimum absolute atomic E-state index is 0.0659. The van der Waals surface area contributed by atoms with Gasteiger partial charge in [0, 0.05) is 85.0 Å². The number of ether oxygens (including phenoxy) is 2. The highest BCUT2D eigenvalue weighted by atomic mass is 79.9. The van der Waals surface area contributed by atoms with Crippen molar-refractivity contribution in [1.29, 1.82) is 0 Å². The van der Waals surface area contributed by atoms with Crippen LogP contribution in [0.25, 0.3) is 22.1 Å². The fourth-order valence-corrected chi connectivity index (χ4v) is 11.7. The Bertz CT molecular complexity index is 2880. The number of rotatable bonds is 10. The summed E-state index contributed by atoms with van der Waals surface area (Å²) in [5, 5.41) is 0.998. The zero-order valence-electron chi connectivity index (χ0n) is 37.5. The molecule has 2 aliphatic rings. The van der Waals surface area contributed by atoms with Gasteiger partial charge in [0.1, 0.15) is 21.8 Å². The number of sulfone groups is 2. The molecule has 0 saturated carbocycles. The number of hydrogen-bond acceptors (Lipinski definition) is 12. The number of fused-ring (bicyclic) bond motifs is 2. The average molecular weight is 1030 g/mol. The first-order valence-electron chi connectivity index (χ1n) is 21.3. The molecule has 0 aliphatic carbocycles. The fraction of sp³-hybridized carbons (Fsp3) is 0.478. The highest BCUT2D eigenvalue weighted by Gasteiger charge is 2.28. The van der Waals surface area contributed by atoms with Gasteiger partial charge in [-0.25, -0.2) is 36.8 Å². The van der Waals surface area contributed by atoms with Crippen molar-refractivity contribution in [3.05, 3.63) is 82.2 Å². The molecular formula is C46H56BrClN6O6S4. The summed E-state index contributed by atoms with van der Waals surface area (Å²) in [5.41, 5.74) is 3.99. The molecule has 4 aromatic heterocycles. The molecule has 344 valence electrons. The van der Waals surface area contributed by atoms with Crippen molar-refractivity contribution in [2.24, 2.45) is 11.8 Å². The van der Waals surface area contributed by atoms with Gasteiger partial charge in [-0.1, -0.05) is 76.7 Å².